The number of para-hydroxylation sites is 2. The maximum Gasteiger partial charge on any atom is 0.231 e. The molecule has 0 saturated carbocycles. The van der Waals surface area contributed by atoms with Crippen LogP contribution in [0.4, 0.5) is 11.4 Å². The highest BCUT2D eigenvalue weighted by Crippen LogP contribution is 2.31. The highest BCUT2D eigenvalue weighted by atomic mass is 35.5. The van der Waals surface area contributed by atoms with Gasteiger partial charge in [0, 0.05) is 32.6 Å². The van der Waals surface area contributed by atoms with Gasteiger partial charge in [-0.25, -0.2) is 0 Å². The van der Waals surface area contributed by atoms with Gasteiger partial charge in [0.25, 0.3) is 0 Å². The first-order chi connectivity index (χ1) is 9.15. The van der Waals surface area contributed by atoms with Crippen molar-refractivity contribution >= 4 is 42.1 Å². The van der Waals surface area contributed by atoms with E-state index in [-0.39, 0.29) is 36.6 Å². The normalized spacial score (nSPS) is 15.2. The van der Waals surface area contributed by atoms with E-state index < -0.39 is 0 Å². The van der Waals surface area contributed by atoms with Crippen LogP contribution >= 0.6 is 24.8 Å². The van der Waals surface area contributed by atoms with Crippen LogP contribution in [0.3, 0.4) is 0 Å². The van der Waals surface area contributed by atoms with Crippen molar-refractivity contribution in [2.45, 2.75) is 13.3 Å². The van der Waals surface area contributed by atoms with Crippen molar-refractivity contribution in [2.24, 2.45) is 5.92 Å². The van der Waals surface area contributed by atoms with Gasteiger partial charge in [0.15, 0.2) is 0 Å². The van der Waals surface area contributed by atoms with E-state index in [2.05, 4.69) is 23.3 Å². The molecule has 0 aliphatic carbocycles. The van der Waals surface area contributed by atoms with Crippen LogP contribution in [0.15, 0.2) is 24.3 Å². The molecule has 21 heavy (non-hydrogen) atoms. The van der Waals surface area contributed by atoms with E-state index >= 15 is 0 Å². The molecule has 0 aromatic heterocycles. The molecule has 0 saturated heterocycles. The van der Waals surface area contributed by atoms with Crippen LogP contribution < -0.4 is 15.1 Å². The summed E-state index contributed by atoms with van der Waals surface area (Å²) in [5, 5.41) is 3.08. The summed E-state index contributed by atoms with van der Waals surface area (Å²) in [7, 11) is 3.97. The summed E-state index contributed by atoms with van der Waals surface area (Å²) >= 11 is 0. The van der Waals surface area contributed by atoms with Gasteiger partial charge in [0.1, 0.15) is 0 Å². The maximum atomic E-state index is 12.6. The van der Waals surface area contributed by atoms with Crippen molar-refractivity contribution in [3.05, 3.63) is 24.3 Å². The Morgan fingerprint density at radius 3 is 2.48 bits per heavy atom. The highest BCUT2D eigenvalue weighted by molar-refractivity contribution is 5.98. The molecule has 1 amide bonds. The molecule has 120 valence electrons. The average molecular weight is 334 g/mol. The minimum Gasteiger partial charge on any atom is -0.373 e. The fourth-order valence-electron chi connectivity index (χ4n) is 2.61. The predicted molar refractivity (Wildman–Crippen MR) is 94.3 cm³/mol. The molecule has 1 atom stereocenters. The Balaban J connectivity index is 0.00000200. The van der Waals surface area contributed by atoms with Gasteiger partial charge in [0.05, 0.1) is 11.4 Å². The number of nitrogens with one attached hydrogen (secondary N) is 1. The fraction of sp³-hybridized carbons (Fsp3) is 0.533. The number of carbonyl (C=O) groups is 1. The molecular formula is C15H25Cl2N3O. The Morgan fingerprint density at radius 2 is 1.86 bits per heavy atom. The second-order valence-corrected chi connectivity index (χ2v) is 5.21. The summed E-state index contributed by atoms with van der Waals surface area (Å²) in [5.74, 6) is 0.207. The lowest BCUT2D eigenvalue weighted by molar-refractivity contribution is -0.121. The SMILES string of the molecule is CNCC(C)C(=O)N1CCCN(C)c2ccccc21.Cl.Cl. The molecular weight excluding hydrogens is 309 g/mol. The third-order valence-electron chi connectivity index (χ3n) is 3.66. The van der Waals surface area contributed by atoms with E-state index in [1.54, 1.807) is 0 Å². The second-order valence-electron chi connectivity index (χ2n) is 5.21. The second kappa shape index (κ2) is 9.13. The largest absolute Gasteiger partial charge is 0.373 e. The average Bonchev–Trinajstić information content (AvgIpc) is 2.58. The molecule has 1 N–H and O–H groups in total. The zero-order valence-electron chi connectivity index (χ0n) is 12.8. The summed E-state index contributed by atoms with van der Waals surface area (Å²) in [6.45, 7) is 4.48. The zero-order valence-corrected chi connectivity index (χ0v) is 14.5. The molecule has 0 spiro atoms. The van der Waals surface area contributed by atoms with Gasteiger partial charge in [-0.2, -0.15) is 0 Å². The predicted octanol–water partition coefficient (Wildman–Crippen LogP) is 2.56. The molecule has 4 nitrogen and oxygen atoms in total. The van der Waals surface area contributed by atoms with Crippen molar-refractivity contribution in [2.75, 3.05) is 43.5 Å². The fourth-order valence-corrected chi connectivity index (χ4v) is 2.61. The van der Waals surface area contributed by atoms with Gasteiger partial charge in [0.2, 0.25) is 5.91 Å². The molecule has 2 rings (SSSR count). The van der Waals surface area contributed by atoms with E-state index in [4.69, 9.17) is 0 Å². The lowest BCUT2D eigenvalue weighted by Gasteiger charge is -2.26. The Labute approximate surface area is 139 Å². The van der Waals surface area contributed by atoms with Crippen molar-refractivity contribution in [3.63, 3.8) is 0 Å². The molecule has 1 aliphatic rings. The number of carbonyl (C=O) groups excluding carboxylic acids is 1. The van der Waals surface area contributed by atoms with Gasteiger partial charge in [-0.1, -0.05) is 19.1 Å². The van der Waals surface area contributed by atoms with Gasteiger partial charge in [-0.3, -0.25) is 4.79 Å². The van der Waals surface area contributed by atoms with Crippen LogP contribution in [0.1, 0.15) is 13.3 Å². The molecule has 1 aromatic rings. The molecule has 1 aliphatic heterocycles. The van der Waals surface area contributed by atoms with Crippen molar-refractivity contribution < 1.29 is 4.79 Å². The Hall–Kier alpha value is -0.970. The molecule has 1 unspecified atom stereocenters. The number of fused-ring (bicyclic) bond motifs is 1. The summed E-state index contributed by atoms with van der Waals surface area (Å²) in [5.41, 5.74) is 2.18. The highest BCUT2D eigenvalue weighted by Gasteiger charge is 2.25. The van der Waals surface area contributed by atoms with Crippen molar-refractivity contribution in [1.82, 2.24) is 5.32 Å². The topological polar surface area (TPSA) is 35.6 Å². The van der Waals surface area contributed by atoms with E-state index in [9.17, 15) is 4.79 Å². The molecule has 1 heterocycles. The van der Waals surface area contributed by atoms with Gasteiger partial charge in [-0.15, -0.1) is 24.8 Å². The van der Waals surface area contributed by atoms with Crippen LogP contribution in [-0.4, -0.2) is 39.6 Å². The standard InChI is InChI=1S/C15H23N3O.2ClH/c1-12(11-16-2)15(19)18-10-6-9-17(3)13-7-4-5-8-14(13)18;;/h4-5,7-8,12,16H,6,9-11H2,1-3H3;2*1H. The number of nitrogens with zero attached hydrogens (tertiary/aromatic N) is 2. The summed E-state index contributed by atoms with van der Waals surface area (Å²) in [6, 6.07) is 8.16. The van der Waals surface area contributed by atoms with Crippen LogP contribution in [0, 0.1) is 5.92 Å². The van der Waals surface area contributed by atoms with Crippen molar-refractivity contribution in [1.29, 1.82) is 0 Å². The molecule has 0 fully saturated rings. The quantitative estimate of drug-likeness (QED) is 0.923. The van der Waals surface area contributed by atoms with Crippen LogP contribution in [-0.2, 0) is 4.79 Å². The summed E-state index contributed by atoms with van der Waals surface area (Å²) in [6.07, 6.45) is 1.00. The van der Waals surface area contributed by atoms with Crippen molar-refractivity contribution in [3.8, 4) is 0 Å². The minimum absolute atomic E-state index is 0. The summed E-state index contributed by atoms with van der Waals surface area (Å²) in [4.78, 5) is 16.8. The number of hydrogen-bond donors (Lipinski definition) is 1. The smallest absolute Gasteiger partial charge is 0.231 e. The Kier molecular flexibility index (Phi) is 8.71. The Bertz CT molecular complexity index is 456. The van der Waals surface area contributed by atoms with Crippen LogP contribution in [0.5, 0.6) is 0 Å². The number of benzene rings is 1. The third kappa shape index (κ3) is 4.50. The first-order valence-corrected chi connectivity index (χ1v) is 6.91. The molecule has 1 aromatic carbocycles. The molecule has 0 bridgehead atoms. The summed E-state index contributed by atoms with van der Waals surface area (Å²) < 4.78 is 0. The lowest BCUT2D eigenvalue weighted by atomic mass is 10.1. The number of rotatable bonds is 3. The van der Waals surface area contributed by atoms with Gasteiger partial charge >= 0.3 is 0 Å². The first kappa shape index (κ1) is 20.0. The monoisotopic (exact) mass is 333 g/mol. The minimum atomic E-state index is 0. The molecule has 0 radical (unpaired) electrons. The number of hydrogen-bond acceptors (Lipinski definition) is 3. The van der Waals surface area contributed by atoms with Crippen LogP contribution in [0.25, 0.3) is 0 Å². The zero-order chi connectivity index (χ0) is 13.8. The number of halogens is 2. The number of amides is 1. The van der Waals surface area contributed by atoms with E-state index in [0.717, 1.165) is 30.9 Å². The third-order valence-corrected chi connectivity index (χ3v) is 3.66. The van der Waals surface area contributed by atoms with E-state index in [1.165, 1.54) is 0 Å². The lowest BCUT2D eigenvalue weighted by Crippen LogP contribution is -2.39. The van der Waals surface area contributed by atoms with Gasteiger partial charge < -0.3 is 15.1 Å². The van der Waals surface area contributed by atoms with E-state index in [1.807, 2.05) is 37.1 Å². The first-order valence-electron chi connectivity index (χ1n) is 6.91. The van der Waals surface area contributed by atoms with E-state index in [0.29, 0.717) is 6.54 Å². The molecule has 6 heteroatoms. The van der Waals surface area contributed by atoms with Gasteiger partial charge in [-0.05, 0) is 25.6 Å². The maximum absolute atomic E-state index is 12.6. The Morgan fingerprint density at radius 1 is 1.24 bits per heavy atom. The van der Waals surface area contributed by atoms with Crippen LogP contribution in [0.2, 0.25) is 0 Å². The number of anilines is 2.